The van der Waals surface area contributed by atoms with Crippen molar-refractivity contribution in [2.24, 2.45) is 0 Å². The zero-order valence-corrected chi connectivity index (χ0v) is 8.44. The molecule has 1 atom stereocenters. The van der Waals surface area contributed by atoms with Crippen molar-refractivity contribution in [1.29, 1.82) is 0 Å². The molecule has 1 aliphatic rings. The Morgan fingerprint density at radius 1 is 1.46 bits per heavy atom. The molecule has 1 unspecified atom stereocenters. The zero-order valence-electron chi connectivity index (χ0n) is 8.44. The zero-order chi connectivity index (χ0) is 9.68. The SMILES string of the molecule is C=CCN1C=CN(COCC)C1C. The first kappa shape index (κ1) is 10.1. The molecule has 1 rings (SSSR count). The summed E-state index contributed by atoms with van der Waals surface area (Å²) in [6.07, 6.45) is 6.42. The second kappa shape index (κ2) is 4.92. The Morgan fingerprint density at radius 3 is 2.77 bits per heavy atom. The standard InChI is InChI=1S/C10H18N2O/c1-4-6-11-7-8-12(10(11)3)9-13-5-2/h4,7-8,10H,1,5-6,9H2,2-3H3. The van der Waals surface area contributed by atoms with E-state index in [9.17, 15) is 0 Å². The van der Waals surface area contributed by atoms with Gasteiger partial charge in [0.05, 0.1) is 0 Å². The Labute approximate surface area is 80.3 Å². The Hall–Kier alpha value is -0.960. The van der Waals surface area contributed by atoms with Gasteiger partial charge >= 0.3 is 0 Å². The molecule has 0 aliphatic carbocycles. The van der Waals surface area contributed by atoms with Crippen molar-refractivity contribution in [1.82, 2.24) is 9.80 Å². The molecule has 0 aromatic rings. The fourth-order valence-electron chi connectivity index (χ4n) is 1.32. The van der Waals surface area contributed by atoms with Crippen molar-refractivity contribution in [2.75, 3.05) is 19.9 Å². The maximum Gasteiger partial charge on any atom is 0.120 e. The number of ether oxygens (including phenoxy) is 1. The van der Waals surface area contributed by atoms with Crippen LogP contribution in [0.3, 0.4) is 0 Å². The molecule has 0 radical (unpaired) electrons. The van der Waals surface area contributed by atoms with E-state index >= 15 is 0 Å². The summed E-state index contributed by atoms with van der Waals surface area (Å²) < 4.78 is 5.34. The van der Waals surface area contributed by atoms with E-state index in [1.54, 1.807) is 0 Å². The number of hydrogen-bond acceptors (Lipinski definition) is 3. The highest BCUT2D eigenvalue weighted by Gasteiger charge is 2.19. The predicted octanol–water partition coefficient (Wildman–Crippen LogP) is 1.60. The van der Waals surface area contributed by atoms with Crippen LogP contribution in [0.15, 0.2) is 25.1 Å². The first-order chi connectivity index (χ1) is 6.29. The van der Waals surface area contributed by atoms with Gasteiger partial charge in [0.15, 0.2) is 0 Å². The molecule has 0 N–H and O–H groups in total. The van der Waals surface area contributed by atoms with Crippen molar-refractivity contribution in [3.63, 3.8) is 0 Å². The van der Waals surface area contributed by atoms with Crippen LogP contribution in [-0.4, -0.2) is 35.8 Å². The van der Waals surface area contributed by atoms with Gasteiger partial charge in [-0.1, -0.05) is 6.08 Å². The van der Waals surface area contributed by atoms with Gasteiger partial charge in [0.2, 0.25) is 0 Å². The van der Waals surface area contributed by atoms with Gasteiger partial charge in [0.1, 0.15) is 12.9 Å². The molecule has 0 aromatic carbocycles. The minimum absolute atomic E-state index is 0.379. The van der Waals surface area contributed by atoms with Gasteiger partial charge in [-0.3, -0.25) is 0 Å². The quantitative estimate of drug-likeness (QED) is 0.601. The summed E-state index contributed by atoms with van der Waals surface area (Å²) >= 11 is 0. The van der Waals surface area contributed by atoms with Crippen molar-refractivity contribution >= 4 is 0 Å². The molecule has 13 heavy (non-hydrogen) atoms. The third kappa shape index (κ3) is 2.49. The Balaban J connectivity index is 2.36. The summed E-state index contributed by atoms with van der Waals surface area (Å²) in [4.78, 5) is 4.37. The van der Waals surface area contributed by atoms with Gasteiger partial charge in [0, 0.05) is 25.6 Å². The molecule has 0 fully saturated rings. The van der Waals surface area contributed by atoms with Crippen molar-refractivity contribution < 1.29 is 4.74 Å². The maximum absolute atomic E-state index is 5.34. The molecule has 3 nitrogen and oxygen atoms in total. The molecule has 1 aliphatic heterocycles. The Morgan fingerprint density at radius 2 is 2.15 bits per heavy atom. The fourth-order valence-corrected chi connectivity index (χ4v) is 1.32. The largest absolute Gasteiger partial charge is 0.361 e. The van der Waals surface area contributed by atoms with Crippen molar-refractivity contribution in [3.05, 3.63) is 25.1 Å². The van der Waals surface area contributed by atoms with Gasteiger partial charge in [-0.25, -0.2) is 0 Å². The smallest absolute Gasteiger partial charge is 0.120 e. The first-order valence-electron chi connectivity index (χ1n) is 4.68. The van der Waals surface area contributed by atoms with E-state index in [1.165, 1.54) is 0 Å². The fraction of sp³-hybridized carbons (Fsp3) is 0.600. The van der Waals surface area contributed by atoms with Crippen LogP contribution in [0.2, 0.25) is 0 Å². The summed E-state index contributed by atoms with van der Waals surface area (Å²) in [5.74, 6) is 0. The summed E-state index contributed by atoms with van der Waals surface area (Å²) in [5, 5.41) is 0. The van der Waals surface area contributed by atoms with Gasteiger partial charge < -0.3 is 14.5 Å². The molecule has 0 amide bonds. The maximum atomic E-state index is 5.34. The normalized spacial score (nSPS) is 21.2. The van der Waals surface area contributed by atoms with Crippen LogP contribution in [-0.2, 0) is 4.74 Å². The minimum atomic E-state index is 0.379. The van der Waals surface area contributed by atoms with Crippen LogP contribution in [0.25, 0.3) is 0 Å². The lowest BCUT2D eigenvalue weighted by Crippen LogP contribution is -2.37. The average molecular weight is 182 g/mol. The van der Waals surface area contributed by atoms with Crippen LogP contribution in [0.1, 0.15) is 13.8 Å². The van der Waals surface area contributed by atoms with Crippen molar-refractivity contribution in [3.8, 4) is 0 Å². The highest BCUT2D eigenvalue weighted by atomic mass is 16.5. The van der Waals surface area contributed by atoms with E-state index in [0.717, 1.165) is 13.2 Å². The monoisotopic (exact) mass is 182 g/mol. The molecule has 0 aromatic heterocycles. The molecule has 3 heteroatoms. The van der Waals surface area contributed by atoms with E-state index < -0.39 is 0 Å². The minimum Gasteiger partial charge on any atom is -0.361 e. The third-order valence-electron chi connectivity index (χ3n) is 2.19. The van der Waals surface area contributed by atoms with E-state index in [1.807, 2.05) is 13.0 Å². The van der Waals surface area contributed by atoms with Gasteiger partial charge in [-0.2, -0.15) is 0 Å². The van der Waals surface area contributed by atoms with E-state index in [4.69, 9.17) is 4.74 Å². The van der Waals surface area contributed by atoms with Gasteiger partial charge in [-0.05, 0) is 13.8 Å². The number of rotatable bonds is 5. The second-order valence-corrected chi connectivity index (χ2v) is 3.05. The average Bonchev–Trinajstić information content (AvgIpc) is 2.46. The molecular weight excluding hydrogens is 164 g/mol. The lowest BCUT2D eigenvalue weighted by atomic mass is 10.4. The molecular formula is C10H18N2O. The van der Waals surface area contributed by atoms with Crippen LogP contribution in [0.4, 0.5) is 0 Å². The Kier molecular flexibility index (Phi) is 3.83. The summed E-state index contributed by atoms with van der Waals surface area (Å²) in [5.41, 5.74) is 0. The van der Waals surface area contributed by atoms with E-state index in [0.29, 0.717) is 12.9 Å². The lowest BCUT2D eigenvalue weighted by molar-refractivity contribution is 0.0250. The highest BCUT2D eigenvalue weighted by molar-refractivity contribution is 4.96. The topological polar surface area (TPSA) is 15.7 Å². The van der Waals surface area contributed by atoms with Crippen LogP contribution in [0, 0.1) is 0 Å². The Bertz CT molecular complexity index is 191. The van der Waals surface area contributed by atoms with Gasteiger partial charge in [0.25, 0.3) is 0 Å². The highest BCUT2D eigenvalue weighted by Crippen LogP contribution is 2.14. The van der Waals surface area contributed by atoms with E-state index in [2.05, 4.69) is 35.7 Å². The van der Waals surface area contributed by atoms with Crippen LogP contribution >= 0.6 is 0 Å². The van der Waals surface area contributed by atoms with Crippen LogP contribution < -0.4 is 0 Å². The second-order valence-electron chi connectivity index (χ2n) is 3.05. The number of nitrogens with zero attached hydrogens (tertiary/aromatic N) is 2. The predicted molar refractivity (Wildman–Crippen MR) is 53.8 cm³/mol. The molecule has 0 spiro atoms. The third-order valence-corrected chi connectivity index (χ3v) is 2.19. The summed E-state index contributed by atoms with van der Waals surface area (Å²) in [6, 6.07) is 0. The first-order valence-corrected chi connectivity index (χ1v) is 4.68. The van der Waals surface area contributed by atoms with E-state index in [-0.39, 0.29) is 0 Å². The lowest BCUT2D eigenvalue weighted by Gasteiger charge is -2.28. The van der Waals surface area contributed by atoms with Gasteiger partial charge in [-0.15, -0.1) is 6.58 Å². The van der Waals surface area contributed by atoms with Crippen LogP contribution in [0.5, 0.6) is 0 Å². The molecule has 0 saturated heterocycles. The number of hydrogen-bond donors (Lipinski definition) is 0. The summed E-state index contributed by atoms with van der Waals surface area (Å²) in [6.45, 7) is 10.2. The summed E-state index contributed by atoms with van der Waals surface area (Å²) in [7, 11) is 0. The molecule has 0 bridgehead atoms. The van der Waals surface area contributed by atoms with Crippen molar-refractivity contribution in [2.45, 2.75) is 20.0 Å². The molecule has 74 valence electrons. The molecule has 0 saturated carbocycles. The molecule has 1 heterocycles.